The van der Waals surface area contributed by atoms with Gasteiger partial charge in [-0.05, 0) is 23.3 Å². The van der Waals surface area contributed by atoms with Crippen LogP contribution in [0.1, 0.15) is 16.8 Å². The fraction of sp³-hybridized carbons (Fsp3) is 0.176. The van der Waals surface area contributed by atoms with Crippen molar-refractivity contribution in [2.45, 2.75) is 12.5 Å². The maximum Gasteiger partial charge on any atom is 0.338 e. The maximum absolute atomic E-state index is 11.8. The number of aliphatic carboxylic acids is 1. The molecule has 2 aromatic carbocycles. The Balaban J connectivity index is 1.93. The first-order chi connectivity index (χ1) is 10.6. The first-order valence-corrected chi connectivity index (χ1v) is 6.89. The van der Waals surface area contributed by atoms with E-state index >= 15 is 0 Å². The van der Waals surface area contributed by atoms with E-state index in [1.54, 1.807) is 12.1 Å². The number of hydrogen-bond donors (Lipinski definition) is 2. The Kier molecular flexibility index (Phi) is 5.27. The van der Waals surface area contributed by atoms with Crippen LogP contribution in [0.2, 0.25) is 0 Å². The van der Waals surface area contributed by atoms with E-state index in [-0.39, 0.29) is 13.0 Å². The van der Waals surface area contributed by atoms with Gasteiger partial charge < -0.3 is 15.6 Å². The Morgan fingerprint density at radius 1 is 1.00 bits per heavy atom. The summed E-state index contributed by atoms with van der Waals surface area (Å²) in [5.41, 5.74) is 7.82. The van der Waals surface area contributed by atoms with Crippen LogP contribution in [-0.4, -0.2) is 29.7 Å². The zero-order valence-electron chi connectivity index (χ0n) is 11.9. The molecule has 1 atom stereocenters. The van der Waals surface area contributed by atoms with E-state index < -0.39 is 18.0 Å². The standard InChI is InChI=1S/C17H17NO4/c18-15(16(19)20)10-11-22-17(21)14-8-6-13(7-9-14)12-4-2-1-3-5-12/h1-9,15H,10-11,18H2,(H,19,20)/t15-/m0/s1. The minimum absolute atomic E-state index is 0.0211. The summed E-state index contributed by atoms with van der Waals surface area (Å²) < 4.78 is 5.01. The highest BCUT2D eigenvalue weighted by molar-refractivity contribution is 5.90. The van der Waals surface area contributed by atoms with Crippen LogP contribution >= 0.6 is 0 Å². The second-order valence-electron chi connectivity index (χ2n) is 4.81. The molecule has 0 fully saturated rings. The molecule has 0 amide bonds. The van der Waals surface area contributed by atoms with Crippen molar-refractivity contribution in [3.05, 3.63) is 60.2 Å². The summed E-state index contributed by atoms with van der Waals surface area (Å²) in [5.74, 6) is -1.60. The summed E-state index contributed by atoms with van der Waals surface area (Å²) >= 11 is 0. The van der Waals surface area contributed by atoms with Crippen LogP contribution in [0, 0.1) is 0 Å². The van der Waals surface area contributed by atoms with Gasteiger partial charge in [-0.3, -0.25) is 4.79 Å². The lowest BCUT2D eigenvalue weighted by atomic mass is 10.0. The van der Waals surface area contributed by atoms with Gasteiger partial charge in [-0.25, -0.2) is 4.79 Å². The fourth-order valence-corrected chi connectivity index (χ4v) is 1.91. The third kappa shape index (κ3) is 4.17. The number of carboxylic acid groups (broad SMARTS) is 1. The van der Waals surface area contributed by atoms with Crippen LogP contribution in [0.4, 0.5) is 0 Å². The molecule has 0 heterocycles. The average molecular weight is 299 g/mol. The highest BCUT2D eigenvalue weighted by Gasteiger charge is 2.13. The second-order valence-corrected chi connectivity index (χ2v) is 4.81. The molecule has 0 aliphatic heterocycles. The molecule has 0 aliphatic rings. The molecule has 0 radical (unpaired) electrons. The molecule has 5 nitrogen and oxygen atoms in total. The predicted molar refractivity (Wildman–Crippen MR) is 82.4 cm³/mol. The van der Waals surface area contributed by atoms with E-state index in [4.69, 9.17) is 15.6 Å². The monoisotopic (exact) mass is 299 g/mol. The molecule has 0 saturated carbocycles. The smallest absolute Gasteiger partial charge is 0.338 e. The molecule has 2 rings (SSSR count). The molecule has 0 bridgehead atoms. The normalized spacial score (nSPS) is 11.7. The van der Waals surface area contributed by atoms with Gasteiger partial charge in [0, 0.05) is 6.42 Å². The molecule has 3 N–H and O–H groups in total. The van der Waals surface area contributed by atoms with Crippen molar-refractivity contribution < 1.29 is 19.4 Å². The predicted octanol–water partition coefficient (Wildman–Crippen LogP) is 2.31. The quantitative estimate of drug-likeness (QED) is 0.799. The van der Waals surface area contributed by atoms with E-state index in [2.05, 4.69) is 0 Å². The first-order valence-electron chi connectivity index (χ1n) is 6.89. The van der Waals surface area contributed by atoms with Crippen LogP contribution in [0.15, 0.2) is 54.6 Å². The number of esters is 1. The van der Waals surface area contributed by atoms with Gasteiger partial charge in [0.05, 0.1) is 12.2 Å². The molecule has 0 aromatic heterocycles. The molecular formula is C17H17NO4. The lowest BCUT2D eigenvalue weighted by Crippen LogP contribution is -2.31. The zero-order valence-corrected chi connectivity index (χ0v) is 11.9. The van der Waals surface area contributed by atoms with E-state index in [1.807, 2.05) is 42.5 Å². The summed E-state index contributed by atoms with van der Waals surface area (Å²) in [6.07, 6.45) is 0.0865. The molecule has 114 valence electrons. The highest BCUT2D eigenvalue weighted by Crippen LogP contribution is 2.19. The summed E-state index contributed by atoms with van der Waals surface area (Å²) in [6, 6.07) is 15.8. The Hall–Kier alpha value is -2.66. The van der Waals surface area contributed by atoms with Gasteiger partial charge in [0.1, 0.15) is 6.04 Å². The molecule has 2 aromatic rings. The van der Waals surface area contributed by atoms with Crippen molar-refractivity contribution in [1.82, 2.24) is 0 Å². The van der Waals surface area contributed by atoms with Crippen LogP contribution in [0.3, 0.4) is 0 Å². The van der Waals surface area contributed by atoms with Crippen LogP contribution in [0.5, 0.6) is 0 Å². The van der Waals surface area contributed by atoms with Crippen molar-refractivity contribution in [2.24, 2.45) is 5.73 Å². The Labute approximate surface area is 128 Å². The van der Waals surface area contributed by atoms with Gasteiger partial charge in [-0.2, -0.15) is 0 Å². The molecule has 5 heteroatoms. The number of benzene rings is 2. The first kappa shape index (κ1) is 15.7. The number of rotatable bonds is 6. The fourth-order valence-electron chi connectivity index (χ4n) is 1.91. The van der Waals surface area contributed by atoms with Crippen molar-refractivity contribution >= 4 is 11.9 Å². The van der Waals surface area contributed by atoms with E-state index in [9.17, 15) is 9.59 Å². The summed E-state index contributed by atoms with van der Waals surface area (Å²) in [4.78, 5) is 22.4. The van der Waals surface area contributed by atoms with Gasteiger partial charge >= 0.3 is 11.9 Å². The topological polar surface area (TPSA) is 89.6 Å². The molecular weight excluding hydrogens is 282 g/mol. The van der Waals surface area contributed by atoms with Crippen LogP contribution in [-0.2, 0) is 9.53 Å². The SMILES string of the molecule is N[C@@H](CCOC(=O)c1ccc(-c2ccccc2)cc1)C(=O)O. The van der Waals surface area contributed by atoms with Crippen LogP contribution < -0.4 is 5.73 Å². The number of carbonyl (C=O) groups excluding carboxylic acids is 1. The molecule has 0 spiro atoms. The van der Waals surface area contributed by atoms with Crippen molar-refractivity contribution in [3.63, 3.8) is 0 Å². The summed E-state index contributed by atoms with van der Waals surface area (Å²) in [5, 5.41) is 8.64. The molecule has 0 aliphatic carbocycles. The van der Waals surface area contributed by atoms with Gasteiger partial charge in [0.25, 0.3) is 0 Å². The van der Waals surface area contributed by atoms with Crippen molar-refractivity contribution in [1.29, 1.82) is 0 Å². The largest absolute Gasteiger partial charge is 0.480 e. The maximum atomic E-state index is 11.8. The lowest BCUT2D eigenvalue weighted by Gasteiger charge is -2.08. The lowest BCUT2D eigenvalue weighted by molar-refractivity contribution is -0.138. The third-order valence-electron chi connectivity index (χ3n) is 3.21. The average Bonchev–Trinajstić information content (AvgIpc) is 2.55. The summed E-state index contributed by atoms with van der Waals surface area (Å²) in [7, 11) is 0. The molecule has 22 heavy (non-hydrogen) atoms. The number of nitrogens with two attached hydrogens (primary N) is 1. The number of carboxylic acids is 1. The number of hydrogen-bond acceptors (Lipinski definition) is 4. The molecule has 0 saturated heterocycles. The third-order valence-corrected chi connectivity index (χ3v) is 3.21. The minimum Gasteiger partial charge on any atom is -0.480 e. The Morgan fingerprint density at radius 2 is 1.59 bits per heavy atom. The number of ether oxygens (including phenoxy) is 1. The van der Waals surface area contributed by atoms with Gasteiger partial charge in [-0.15, -0.1) is 0 Å². The van der Waals surface area contributed by atoms with E-state index in [1.165, 1.54) is 0 Å². The van der Waals surface area contributed by atoms with Gasteiger partial charge in [0.2, 0.25) is 0 Å². The van der Waals surface area contributed by atoms with E-state index in [0.29, 0.717) is 5.56 Å². The summed E-state index contributed by atoms with van der Waals surface area (Å²) in [6.45, 7) is -0.0211. The van der Waals surface area contributed by atoms with Gasteiger partial charge in [0.15, 0.2) is 0 Å². The number of carbonyl (C=O) groups is 2. The van der Waals surface area contributed by atoms with Crippen LogP contribution in [0.25, 0.3) is 11.1 Å². The zero-order chi connectivity index (χ0) is 15.9. The molecule has 0 unspecified atom stereocenters. The highest BCUT2D eigenvalue weighted by atomic mass is 16.5. The van der Waals surface area contributed by atoms with Crippen molar-refractivity contribution in [3.8, 4) is 11.1 Å². The Bertz CT molecular complexity index is 637. The van der Waals surface area contributed by atoms with Gasteiger partial charge in [-0.1, -0.05) is 42.5 Å². The van der Waals surface area contributed by atoms with Crippen molar-refractivity contribution in [2.75, 3.05) is 6.61 Å². The Morgan fingerprint density at radius 3 is 2.18 bits per heavy atom. The minimum atomic E-state index is -1.11. The van der Waals surface area contributed by atoms with E-state index in [0.717, 1.165) is 11.1 Å². The second kappa shape index (κ2) is 7.38.